The molecule has 4 rings (SSSR count). The number of hydrogen-bond donors (Lipinski definition) is 1. The Hall–Kier alpha value is -3.09. The van der Waals surface area contributed by atoms with Gasteiger partial charge in [0.25, 0.3) is 0 Å². The van der Waals surface area contributed by atoms with Crippen LogP contribution in [0.2, 0.25) is 0 Å². The highest BCUT2D eigenvalue weighted by atomic mass is 19.4. The average molecular weight is 371 g/mol. The van der Waals surface area contributed by atoms with Crippen LogP contribution in [0.4, 0.5) is 13.2 Å². The molecule has 27 heavy (non-hydrogen) atoms. The van der Waals surface area contributed by atoms with Crippen LogP contribution in [0.5, 0.6) is 0 Å². The van der Waals surface area contributed by atoms with Gasteiger partial charge in [0.2, 0.25) is 5.91 Å². The molecule has 1 heterocycles. The summed E-state index contributed by atoms with van der Waals surface area (Å²) in [6.45, 7) is 0. The molecule has 0 radical (unpaired) electrons. The minimum Gasteiger partial charge on any atom is -0.366 e. The molecule has 0 saturated heterocycles. The van der Waals surface area contributed by atoms with Crippen LogP contribution in [0, 0.1) is 0 Å². The normalized spacial score (nSPS) is 16.9. The van der Waals surface area contributed by atoms with E-state index in [0.29, 0.717) is 17.5 Å². The topological polar surface area (TPSA) is 60.9 Å². The zero-order chi connectivity index (χ0) is 19.2. The number of halogens is 3. The number of primary amides is 1. The largest absolute Gasteiger partial charge is 0.435 e. The third-order valence-corrected chi connectivity index (χ3v) is 4.84. The Morgan fingerprint density at radius 3 is 2.74 bits per heavy atom. The van der Waals surface area contributed by atoms with Crippen LogP contribution >= 0.6 is 0 Å². The second kappa shape index (κ2) is 6.26. The first kappa shape index (κ1) is 17.3. The number of amides is 1. The molecular formula is C20H16F3N3O. The molecule has 2 aromatic carbocycles. The number of alkyl halides is 3. The van der Waals surface area contributed by atoms with E-state index in [2.05, 4.69) is 5.10 Å². The number of rotatable bonds is 3. The van der Waals surface area contributed by atoms with Crippen molar-refractivity contribution in [3.05, 3.63) is 70.9 Å². The summed E-state index contributed by atoms with van der Waals surface area (Å²) in [6, 6.07) is 12.0. The Balaban J connectivity index is 1.91. The summed E-state index contributed by atoms with van der Waals surface area (Å²) in [4.78, 5) is 11.0. The average Bonchev–Trinajstić information content (AvgIpc) is 3.20. The molecule has 4 nitrogen and oxygen atoms in total. The highest BCUT2D eigenvalue weighted by Gasteiger charge is 2.38. The van der Waals surface area contributed by atoms with E-state index in [9.17, 15) is 18.0 Å². The maximum absolute atomic E-state index is 13.5. The van der Waals surface area contributed by atoms with E-state index in [1.54, 1.807) is 6.07 Å². The van der Waals surface area contributed by atoms with Crippen molar-refractivity contribution in [2.24, 2.45) is 5.73 Å². The van der Waals surface area contributed by atoms with Crippen LogP contribution in [-0.2, 0) is 17.4 Å². The lowest BCUT2D eigenvalue weighted by Gasteiger charge is -2.14. The van der Waals surface area contributed by atoms with Gasteiger partial charge in [0.1, 0.15) is 0 Å². The van der Waals surface area contributed by atoms with Crippen molar-refractivity contribution in [2.45, 2.75) is 25.1 Å². The van der Waals surface area contributed by atoms with Crippen LogP contribution in [0.25, 0.3) is 17.0 Å². The third kappa shape index (κ3) is 3.09. The smallest absolute Gasteiger partial charge is 0.366 e. The molecule has 2 N–H and O–H groups in total. The fourth-order valence-electron chi connectivity index (χ4n) is 3.67. The molecule has 0 spiro atoms. The van der Waals surface area contributed by atoms with Crippen molar-refractivity contribution >= 4 is 22.9 Å². The molecule has 1 aliphatic carbocycles. The first-order chi connectivity index (χ1) is 12.8. The summed E-state index contributed by atoms with van der Waals surface area (Å²) in [5.41, 5.74) is 7.30. The molecule has 1 amide bonds. The van der Waals surface area contributed by atoms with Crippen LogP contribution in [0.15, 0.2) is 48.5 Å². The fourth-order valence-corrected chi connectivity index (χ4v) is 3.67. The van der Waals surface area contributed by atoms with Crippen molar-refractivity contribution in [1.29, 1.82) is 0 Å². The zero-order valence-electron chi connectivity index (χ0n) is 14.2. The second-order valence-electron chi connectivity index (χ2n) is 6.56. The summed E-state index contributed by atoms with van der Waals surface area (Å²) in [5, 5.41) is 4.00. The Bertz CT molecular complexity index is 1070. The summed E-state index contributed by atoms with van der Waals surface area (Å²) in [6.07, 6.45) is -0.405. The number of nitrogens with zero attached hydrogens (tertiary/aromatic N) is 2. The molecule has 1 atom stereocenters. The molecule has 0 aliphatic heterocycles. The van der Waals surface area contributed by atoms with Gasteiger partial charge in [-0.2, -0.15) is 18.3 Å². The maximum atomic E-state index is 13.5. The number of aryl methyl sites for hydroxylation is 1. The molecular weight excluding hydrogens is 355 g/mol. The van der Waals surface area contributed by atoms with Crippen molar-refractivity contribution in [3.63, 3.8) is 0 Å². The highest BCUT2D eigenvalue weighted by molar-refractivity contribution is 5.91. The van der Waals surface area contributed by atoms with Crippen LogP contribution < -0.4 is 5.73 Å². The molecule has 7 heteroatoms. The van der Waals surface area contributed by atoms with Gasteiger partial charge in [-0.3, -0.25) is 9.48 Å². The van der Waals surface area contributed by atoms with Crippen LogP contribution in [0.3, 0.4) is 0 Å². The standard InChI is InChI=1S/C20H16F3N3O/c21-20(22,23)19-15-8-5-12(6-10-18(24)27)11-17(15)26(25-19)16-9-7-13-3-1-2-4-14(13)16/h1-6,8,10-11,16H,7,9H2,(H2,24,27)/b10-6+. The van der Waals surface area contributed by atoms with Gasteiger partial charge in [-0.05, 0) is 47.7 Å². The predicted molar refractivity (Wildman–Crippen MR) is 95.9 cm³/mol. The molecule has 138 valence electrons. The predicted octanol–water partition coefficient (Wildman–Crippen LogP) is 4.09. The summed E-state index contributed by atoms with van der Waals surface area (Å²) < 4.78 is 42.0. The monoisotopic (exact) mass is 371 g/mol. The zero-order valence-corrected chi connectivity index (χ0v) is 14.2. The number of aromatic nitrogens is 2. The lowest BCUT2D eigenvalue weighted by molar-refractivity contribution is -0.140. The minimum atomic E-state index is -4.55. The second-order valence-corrected chi connectivity index (χ2v) is 6.56. The first-order valence-corrected chi connectivity index (χ1v) is 8.49. The minimum absolute atomic E-state index is 0.0445. The maximum Gasteiger partial charge on any atom is 0.435 e. The van der Waals surface area contributed by atoms with Crippen molar-refractivity contribution < 1.29 is 18.0 Å². The van der Waals surface area contributed by atoms with E-state index < -0.39 is 17.8 Å². The Morgan fingerprint density at radius 1 is 1.22 bits per heavy atom. The van der Waals surface area contributed by atoms with Gasteiger partial charge in [-0.15, -0.1) is 0 Å². The lowest BCUT2D eigenvalue weighted by Crippen LogP contribution is -2.12. The Morgan fingerprint density at radius 2 is 2.00 bits per heavy atom. The SMILES string of the molecule is NC(=O)/C=C/c1ccc2c(C(F)(F)F)nn(C3CCc4ccccc43)c2c1. The number of benzene rings is 2. The van der Waals surface area contributed by atoms with Crippen molar-refractivity contribution in [1.82, 2.24) is 9.78 Å². The molecule has 0 saturated carbocycles. The van der Waals surface area contributed by atoms with Gasteiger partial charge >= 0.3 is 6.18 Å². The van der Waals surface area contributed by atoms with Gasteiger partial charge in [-0.1, -0.05) is 30.3 Å². The Kier molecular flexibility index (Phi) is 4.02. The number of nitrogens with two attached hydrogens (primary N) is 1. The Labute approximate surface area is 153 Å². The van der Waals surface area contributed by atoms with E-state index in [1.165, 1.54) is 29.0 Å². The van der Waals surface area contributed by atoms with Gasteiger partial charge in [0, 0.05) is 11.5 Å². The lowest BCUT2D eigenvalue weighted by atomic mass is 10.1. The van der Waals surface area contributed by atoms with E-state index in [0.717, 1.165) is 17.5 Å². The van der Waals surface area contributed by atoms with Crippen molar-refractivity contribution in [2.75, 3.05) is 0 Å². The quantitative estimate of drug-likeness (QED) is 0.705. The number of fused-ring (bicyclic) bond motifs is 2. The molecule has 1 aromatic heterocycles. The van der Waals surface area contributed by atoms with E-state index >= 15 is 0 Å². The first-order valence-electron chi connectivity index (χ1n) is 8.49. The van der Waals surface area contributed by atoms with E-state index in [1.807, 2.05) is 24.3 Å². The van der Waals surface area contributed by atoms with Crippen LogP contribution in [-0.4, -0.2) is 15.7 Å². The summed E-state index contributed by atoms with van der Waals surface area (Å²) in [7, 11) is 0. The fraction of sp³-hybridized carbons (Fsp3) is 0.200. The summed E-state index contributed by atoms with van der Waals surface area (Å²) in [5.74, 6) is -0.621. The van der Waals surface area contributed by atoms with Gasteiger partial charge in [0.05, 0.1) is 11.6 Å². The van der Waals surface area contributed by atoms with Crippen LogP contribution in [0.1, 0.15) is 34.8 Å². The van der Waals surface area contributed by atoms with Gasteiger partial charge in [0.15, 0.2) is 5.69 Å². The number of hydrogen-bond acceptors (Lipinski definition) is 2. The third-order valence-electron chi connectivity index (χ3n) is 4.84. The molecule has 0 fully saturated rings. The number of carbonyl (C=O) groups is 1. The molecule has 1 aliphatic rings. The summed E-state index contributed by atoms with van der Waals surface area (Å²) >= 11 is 0. The number of carbonyl (C=O) groups excluding carboxylic acids is 1. The molecule has 3 aromatic rings. The van der Waals surface area contributed by atoms with Crippen molar-refractivity contribution in [3.8, 4) is 0 Å². The van der Waals surface area contributed by atoms with E-state index in [4.69, 9.17) is 5.73 Å². The van der Waals surface area contributed by atoms with Gasteiger partial charge < -0.3 is 5.73 Å². The highest BCUT2D eigenvalue weighted by Crippen LogP contribution is 2.40. The van der Waals surface area contributed by atoms with E-state index in [-0.39, 0.29) is 11.4 Å². The molecule has 1 unspecified atom stereocenters. The molecule has 0 bridgehead atoms. The van der Waals surface area contributed by atoms with Gasteiger partial charge in [-0.25, -0.2) is 0 Å².